The highest BCUT2D eigenvalue weighted by Gasteiger charge is 2.31. The highest BCUT2D eigenvalue weighted by Crippen LogP contribution is 2.40. The predicted octanol–water partition coefficient (Wildman–Crippen LogP) is 10.1. The van der Waals surface area contributed by atoms with Gasteiger partial charge in [0.25, 0.3) is 0 Å². The van der Waals surface area contributed by atoms with Crippen LogP contribution in [0.1, 0.15) is 129 Å². The molecule has 0 aliphatic carbocycles. The van der Waals surface area contributed by atoms with Crippen LogP contribution in [-0.2, 0) is 42.1 Å². The molecule has 1 saturated heterocycles. The minimum Gasteiger partial charge on any atom is -0.473 e. The zero-order chi connectivity index (χ0) is 36.7. The zero-order valence-electron chi connectivity index (χ0n) is 31.7. The van der Waals surface area contributed by atoms with Crippen LogP contribution in [0.15, 0.2) is 25.0 Å². The minimum absolute atomic E-state index is 0.0193. The van der Waals surface area contributed by atoms with Crippen molar-refractivity contribution >= 4 is 13.9 Å². The summed E-state index contributed by atoms with van der Waals surface area (Å²) in [6.45, 7) is 10.6. The summed E-state index contributed by atoms with van der Waals surface area (Å²) in [7, 11) is 3.55. The van der Waals surface area contributed by atoms with Crippen LogP contribution in [0.3, 0.4) is 0 Å². The Kier molecular flexibility index (Phi) is 42.3. The highest BCUT2D eigenvalue weighted by atomic mass is 31.2. The Morgan fingerprint density at radius 1 is 0.875 bits per heavy atom. The van der Waals surface area contributed by atoms with Crippen molar-refractivity contribution in [3.05, 3.63) is 25.0 Å². The van der Waals surface area contributed by atoms with Gasteiger partial charge in [0.05, 0.1) is 31.2 Å². The maximum Gasteiger partial charge on any atom is 0.327 e. The molecule has 1 rings (SSSR count). The lowest BCUT2D eigenvalue weighted by molar-refractivity contribution is -0.210. The second kappa shape index (κ2) is 39.9. The third-order valence-electron chi connectivity index (χ3n) is 7.69. The maximum atomic E-state index is 10.5. The normalized spacial score (nSPS) is 17.9. The molecule has 0 amide bonds. The van der Waals surface area contributed by atoms with Gasteiger partial charge in [-0.25, -0.2) is 0 Å². The van der Waals surface area contributed by atoms with Crippen molar-refractivity contribution in [1.82, 2.24) is 0 Å². The topological polar surface area (TPSA) is 98.8 Å². The van der Waals surface area contributed by atoms with E-state index in [1.807, 2.05) is 19.1 Å². The summed E-state index contributed by atoms with van der Waals surface area (Å²) >= 11 is 0. The molecule has 0 N–H and O–H groups in total. The Bertz CT molecular complexity index is 753. The Labute approximate surface area is 295 Å². The standard InChI is InChI=1S/C21H40O5.C12H22O.C3H9O3P.C2H2/c1-5-7-8-9-10-11-18(23-4)12-14-24-19-15-20(17-22-3)26-21(16-19)25-13-6-2;1-2-3-4-5-6-7-8-9-10-11-12-13;1-5-7(3,4)6-2;1-2/h6,13,18-21H,5,7-12,14-17H2,1-4H3;2,12H,1,3-11H2;1-3H3;1-2H/b13-6-;;;. The molecule has 9 nitrogen and oxygen atoms in total. The van der Waals surface area contributed by atoms with E-state index in [4.69, 9.17) is 23.7 Å². The van der Waals surface area contributed by atoms with Crippen LogP contribution in [0, 0.1) is 12.8 Å². The van der Waals surface area contributed by atoms with E-state index in [9.17, 15) is 9.36 Å². The van der Waals surface area contributed by atoms with Gasteiger partial charge < -0.3 is 37.5 Å². The van der Waals surface area contributed by atoms with E-state index in [0.717, 1.165) is 51.2 Å². The number of rotatable bonds is 27. The first kappa shape index (κ1) is 50.9. The van der Waals surface area contributed by atoms with Gasteiger partial charge in [-0.05, 0) is 39.0 Å². The van der Waals surface area contributed by atoms with E-state index >= 15 is 0 Å². The highest BCUT2D eigenvalue weighted by molar-refractivity contribution is 7.52. The number of terminal acetylenes is 1. The lowest BCUT2D eigenvalue weighted by Crippen LogP contribution is -2.40. The monoisotopic (exact) mass is 704 g/mol. The van der Waals surface area contributed by atoms with Gasteiger partial charge in [0.1, 0.15) is 6.29 Å². The van der Waals surface area contributed by atoms with E-state index in [0.29, 0.717) is 19.3 Å². The molecule has 1 fully saturated rings. The Morgan fingerprint density at radius 2 is 1.46 bits per heavy atom. The first-order valence-corrected chi connectivity index (χ1v) is 19.9. The molecule has 0 saturated carbocycles. The summed E-state index contributed by atoms with van der Waals surface area (Å²) in [5, 5.41) is 0. The van der Waals surface area contributed by atoms with E-state index in [2.05, 4.69) is 35.4 Å². The average Bonchev–Trinajstić information content (AvgIpc) is 3.10. The molecule has 0 spiro atoms. The quantitative estimate of drug-likeness (QED) is 0.0207. The van der Waals surface area contributed by atoms with Gasteiger partial charge in [0.2, 0.25) is 6.29 Å². The molecule has 1 aliphatic heterocycles. The fourth-order valence-corrected chi connectivity index (χ4v) is 4.96. The van der Waals surface area contributed by atoms with Gasteiger partial charge in [0, 0.05) is 61.0 Å². The second-order valence-electron chi connectivity index (χ2n) is 11.7. The number of unbranched alkanes of at least 4 members (excludes halogenated alkanes) is 12. The smallest absolute Gasteiger partial charge is 0.327 e. The van der Waals surface area contributed by atoms with E-state index in [1.54, 1.807) is 20.5 Å². The molecule has 1 heterocycles. The summed E-state index contributed by atoms with van der Waals surface area (Å²) in [6, 6.07) is 0. The molecular formula is C38H73O9P. The van der Waals surface area contributed by atoms with Gasteiger partial charge in [-0.1, -0.05) is 83.3 Å². The Morgan fingerprint density at radius 3 is 1.96 bits per heavy atom. The number of ether oxygens (including phenoxy) is 5. The van der Waals surface area contributed by atoms with Gasteiger partial charge in [-0.15, -0.1) is 19.4 Å². The summed E-state index contributed by atoms with van der Waals surface area (Å²) in [6.07, 6.45) is 35.7. The summed E-state index contributed by atoms with van der Waals surface area (Å²) < 4.78 is 47.8. The van der Waals surface area contributed by atoms with Crippen molar-refractivity contribution in [1.29, 1.82) is 0 Å². The van der Waals surface area contributed by atoms with Crippen molar-refractivity contribution in [2.24, 2.45) is 0 Å². The molecule has 0 aromatic heterocycles. The van der Waals surface area contributed by atoms with Crippen LogP contribution in [0.5, 0.6) is 0 Å². The first-order chi connectivity index (χ1) is 23.3. The zero-order valence-corrected chi connectivity index (χ0v) is 32.6. The molecule has 48 heavy (non-hydrogen) atoms. The summed E-state index contributed by atoms with van der Waals surface area (Å²) in [5.41, 5.74) is 0. The third kappa shape index (κ3) is 35.8. The number of aldehydes is 1. The van der Waals surface area contributed by atoms with Crippen molar-refractivity contribution in [3.8, 4) is 12.8 Å². The molecule has 4 unspecified atom stereocenters. The number of hydrogen-bond donors (Lipinski definition) is 0. The molecule has 0 radical (unpaired) electrons. The van der Waals surface area contributed by atoms with Gasteiger partial charge in [0.15, 0.2) is 0 Å². The van der Waals surface area contributed by atoms with Crippen molar-refractivity contribution in [2.45, 2.75) is 154 Å². The van der Waals surface area contributed by atoms with Crippen LogP contribution in [0.4, 0.5) is 0 Å². The van der Waals surface area contributed by atoms with Crippen molar-refractivity contribution < 1.29 is 42.1 Å². The average molecular weight is 705 g/mol. The maximum absolute atomic E-state index is 10.5. The lowest BCUT2D eigenvalue weighted by Gasteiger charge is -2.34. The Hall–Kier alpha value is -1.50. The number of methoxy groups -OCH3 is 2. The molecular weight excluding hydrogens is 631 g/mol. The molecule has 1 aliphatic rings. The molecule has 0 aromatic rings. The molecule has 4 atom stereocenters. The lowest BCUT2D eigenvalue weighted by atomic mass is 10.0. The van der Waals surface area contributed by atoms with Crippen LogP contribution in [0.25, 0.3) is 0 Å². The van der Waals surface area contributed by atoms with E-state index in [1.165, 1.54) is 91.5 Å². The van der Waals surface area contributed by atoms with Gasteiger partial charge in [-0.3, -0.25) is 4.57 Å². The molecule has 0 bridgehead atoms. The van der Waals surface area contributed by atoms with E-state index < -0.39 is 7.60 Å². The fraction of sp³-hybridized carbons (Fsp3) is 0.816. The largest absolute Gasteiger partial charge is 0.473 e. The Balaban J connectivity index is -0.000000762. The molecule has 10 heteroatoms. The predicted molar refractivity (Wildman–Crippen MR) is 199 cm³/mol. The van der Waals surface area contributed by atoms with Gasteiger partial charge in [-0.2, -0.15) is 0 Å². The minimum atomic E-state index is -2.65. The van der Waals surface area contributed by atoms with Crippen molar-refractivity contribution in [2.75, 3.05) is 48.3 Å². The van der Waals surface area contributed by atoms with Crippen molar-refractivity contribution in [3.63, 3.8) is 0 Å². The third-order valence-corrected chi connectivity index (χ3v) is 9.02. The molecule has 284 valence electrons. The van der Waals surface area contributed by atoms with E-state index in [-0.39, 0.29) is 18.5 Å². The first-order valence-electron chi connectivity index (χ1n) is 17.9. The summed E-state index contributed by atoms with van der Waals surface area (Å²) in [5.74, 6) is 0. The van der Waals surface area contributed by atoms with Crippen LogP contribution >= 0.6 is 7.60 Å². The SMILES string of the molecule is C#C.C/C=C\OC1CC(OCCC(CCCCCCC)OC)CC(COC)O1.C=CCCCCCCCCCC=O.COP(C)(=O)OC. The number of allylic oxidation sites excluding steroid dienone is 2. The number of carbonyl (C=O) groups is 1. The van der Waals surface area contributed by atoms with Gasteiger partial charge >= 0.3 is 7.60 Å². The van der Waals surface area contributed by atoms with Crippen LogP contribution in [0.2, 0.25) is 0 Å². The number of hydrogen-bond acceptors (Lipinski definition) is 9. The summed E-state index contributed by atoms with van der Waals surface area (Å²) in [4.78, 5) is 10.0. The van der Waals surface area contributed by atoms with Crippen LogP contribution < -0.4 is 0 Å². The fourth-order valence-electron chi connectivity index (χ4n) is 4.81. The van der Waals surface area contributed by atoms with Crippen LogP contribution in [-0.4, -0.2) is 79.2 Å². The second-order valence-corrected chi connectivity index (χ2v) is 14.0. The molecule has 0 aromatic carbocycles. The number of carbonyl (C=O) groups excluding carboxylic acids is 1.